The highest BCUT2D eigenvalue weighted by Gasteiger charge is 2.10. The normalized spacial score (nSPS) is 10.8. The van der Waals surface area contributed by atoms with Crippen molar-refractivity contribution in [3.8, 4) is 0 Å². The van der Waals surface area contributed by atoms with E-state index in [1.165, 1.54) is 0 Å². The minimum Gasteiger partial charge on any atom is -0.361 e. The zero-order valence-corrected chi connectivity index (χ0v) is 8.66. The average Bonchev–Trinajstić information content (AvgIpc) is 2.80. The first-order chi connectivity index (χ1) is 7.31. The van der Waals surface area contributed by atoms with E-state index in [4.69, 9.17) is 10.3 Å². The molecule has 0 amide bonds. The molecule has 0 aliphatic rings. The molecule has 0 atom stereocenters. The van der Waals surface area contributed by atoms with E-state index in [0.29, 0.717) is 6.54 Å². The Morgan fingerprint density at radius 3 is 3.00 bits per heavy atom. The van der Waals surface area contributed by atoms with Crippen molar-refractivity contribution in [2.24, 2.45) is 5.73 Å². The van der Waals surface area contributed by atoms with Crippen molar-refractivity contribution in [2.75, 3.05) is 6.54 Å². The SMILES string of the molecule is Cc1cnoc1Cc1cn[nH]c1CCN. The molecule has 0 spiro atoms. The van der Waals surface area contributed by atoms with Crippen molar-refractivity contribution < 1.29 is 4.52 Å². The highest BCUT2D eigenvalue weighted by Crippen LogP contribution is 2.15. The summed E-state index contributed by atoms with van der Waals surface area (Å²) in [7, 11) is 0. The molecule has 15 heavy (non-hydrogen) atoms. The zero-order chi connectivity index (χ0) is 10.7. The molecule has 80 valence electrons. The van der Waals surface area contributed by atoms with Crippen LogP contribution in [0.25, 0.3) is 0 Å². The molecule has 0 aliphatic heterocycles. The lowest BCUT2D eigenvalue weighted by molar-refractivity contribution is 0.388. The van der Waals surface area contributed by atoms with Gasteiger partial charge in [-0.2, -0.15) is 5.10 Å². The lowest BCUT2D eigenvalue weighted by Crippen LogP contribution is -2.05. The molecule has 0 radical (unpaired) electrons. The van der Waals surface area contributed by atoms with Gasteiger partial charge < -0.3 is 10.3 Å². The molecular weight excluding hydrogens is 192 g/mol. The number of nitrogens with one attached hydrogen (secondary N) is 1. The van der Waals surface area contributed by atoms with Crippen molar-refractivity contribution in [2.45, 2.75) is 19.8 Å². The summed E-state index contributed by atoms with van der Waals surface area (Å²) >= 11 is 0. The van der Waals surface area contributed by atoms with Gasteiger partial charge in [0.25, 0.3) is 0 Å². The maximum atomic E-state index is 5.51. The molecular formula is C10H14N4O. The van der Waals surface area contributed by atoms with Gasteiger partial charge in [0.2, 0.25) is 0 Å². The van der Waals surface area contributed by atoms with Gasteiger partial charge in [-0.25, -0.2) is 0 Å². The highest BCUT2D eigenvalue weighted by atomic mass is 16.5. The van der Waals surface area contributed by atoms with Crippen LogP contribution in [0.2, 0.25) is 0 Å². The van der Waals surface area contributed by atoms with Crippen LogP contribution in [0.4, 0.5) is 0 Å². The monoisotopic (exact) mass is 206 g/mol. The molecule has 5 heteroatoms. The molecule has 2 aromatic heterocycles. The number of aromatic amines is 1. The van der Waals surface area contributed by atoms with E-state index in [1.54, 1.807) is 6.20 Å². The lowest BCUT2D eigenvalue weighted by Gasteiger charge is -1.99. The van der Waals surface area contributed by atoms with E-state index in [9.17, 15) is 0 Å². The molecule has 0 unspecified atom stereocenters. The molecule has 0 saturated carbocycles. The average molecular weight is 206 g/mol. The highest BCUT2D eigenvalue weighted by molar-refractivity contribution is 5.25. The van der Waals surface area contributed by atoms with Gasteiger partial charge in [0, 0.05) is 29.7 Å². The number of rotatable bonds is 4. The Bertz CT molecular complexity index is 432. The van der Waals surface area contributed by atoms with E-state index in [0.717, 1.165) is 35.4 Å². The molecule has 5 nitrogen and oxygen atoms in total. The summed E-state index contributed by atoms with van der Waals surface area (Å²) in [6.45, 7) is 2.60. The number of H-pyrrole nitrogens is 1. The van der Waals surface area contributed by atoms with E-state index in [1.807, 2.05) is 13.1 Å². The predicted molar refractivity (Wildman–Crippen MR) is 55.4 cm³/mol. The van der Waals surface area contributed by atoms with E-state index >= 15 is 0 Å². The van der Waals surface area contributed by atoms with Gasteiger partial charge in [-0.3, -0.25) is 5.10 Å². The van der Waals surface area contributed by atoms with E-state index in [2.05, 4.69) is 15.4 Å². The molecule has 0 fully saturated rings. The minimum atomic E-state index is 0.616. The van der Waals surface area contributed by atoms with Crippen LogP contribution in [0.5, 0.6) is 0 Å². The number of nitrogens with zero attached hydrogens (tertiary/aromatic N) is 2. The number of hydrogen-bond acceptors (Lipinski definition) is 4. The summed E-state index contributed by atoms with van der Waals surface area (Å²) in [4.78, 5) is 0. The van der Waals surface area contributed by atoms with E-state index in [-0.39, 0.29) is 0 Å². The lowest BCUT2D eigenvalue weighted by atomic mass is 10.1. The molecule has 0 aromatic carbocycles. The van der Waals surface area contributed by atoms with Crippen LogP contribution in [0.1, 0.15) is 22.6 Å². The molecule has 0 aliphatic carbocycles. The topological polar surface area (TPSA) is 80.7 Å². The number of nitrogens with two attached hydrogens (primary N) is 1. The summed E-state index contributed by atoms with van der Waals surface area (Å²) in [5.74, 6) is 0.884. The van der Waals surface area contributed by atoms with Crippen LogP contribution >= 0.6 is 0 Å². The predicted octanol–water partition coefficient (Wildman–Crippen LogP) is 0.798. The van der Waals surface area contributed by atoms with Crippen LogP contribution in [0.15, 0.2) is 16.9 Å². The third kappa shape index (κ3) is 2.07. The molecule has 2 rings (SSSR count). The number of aromatic nitrogens is 3. The van der Waals surface area contributed by atoms with Crippen LogP contribution in [0.3, 0.4) is 0 Å². The van der Waals surface area contributed by atoms with Crippen LogP contribution in [-0.2, 0) is 12.8 Å². The van der Waals surface area contributed by atoms with Gasteiger partial charge in [0.05, 0.1) is 12.4 Å². The van der Waals surface area contributed by atoms with Gasteiger partial charge in [-0.1, -0.05) is 5.16 Å². The van der Waals surface area contributed by atoms with Crippen molar-refractivity contribution >= 4 is 0 Å². The summed E-state index contributed by atoms with van der Waals surface area (Å²) in [6.07, 6.45) is 5.06. The third-order valence-corrected chi connectivity index (χ3v) is 2.40. The Hall–Kier alpha value is -1.62. The van der Waals surface area contributed by atoms with Gasteiger partial charge in [-0.15, -0.1) is 0 Å². The largest absolute Gasteiger partial charge is 0.361 e. The summed E-state index contributed by atoms with van der Waals surface area (Å²) in [5, 5.41) is 10.7. The van der Waals surface area contributed by atoms with Crippen LogP contribution in [-0.4, -0.2) is 21.9 Å². The van der Waals surface area contributed by atoms with Gasteiger partial charge in [0.15, 0.2) is 0 Å². The maximum Gasteiger partial charge on any atom is 0.144 e. The number of hydrogen-bond donors (Lipinski definition) is 2. The summed E-state index contributed by atoms with van der Waals surface area (Å²) in [5.41, 5.74) is 8.78. The summed E-state index contributed by atoms with van der Waals surface area (Å²) < 4.78 is 5.15. The van der Waals surface area contributed by atoms with Crippen molar-refractivity contribution in [1.29, 1.82) is 0 Å². The van der Waals surface area contributed by atoms with Crippen LogP contribution < -0.4 is 5.73 Å². The quantitative estimate of drug-likeness (QED) is 0.775. The maximum absolute atomic E-state index is 5.51. The van der Waals surface area contributed by atoms with Crippen molar-refractivity contribution in [1.82, 2.24) is 15.4 Å². The Kier molecular flexibility index (Phi) is 2.82. The van der Waals surface area contributed by atoms with Crippen molar-refractivity contribution in [3.05, 3.63) is 35.0 Å². The minimum absolute atomic E-state index is 0.616. The van der Waals surface area contributed by atoms with Gasteiger partial charge in [-0.05, 0) is 13.5 Å². The molecule has 2 heterocycles. The summed E-state index contributed by atoms with van der Waals surface area (Å²) in [6, 6.07) is 0. The standard InChI is InChI=1S/C10H14N4O/c1-7-5-13-15-10(7)4-8-6-12-14-9(8)2-3-11/h5-6H,2-4,11H2,1H3,(H,12,14). The molecule has 2 aromatic rings. The molecule has 0 saturated heterocycles. The zero-order valence-electron chi connectivity index (χ0n) is 8.66. The van der Waals surface area contributed by atoms with Gasteiger partial charge in [0.1, 0.15) is 5.76 Å². The second kappa shape index (κ2) is 4.27. The fraction of sp³-hybridized carbons (Fsp3) is 0.400. The molecule has 3 N–H and O–H groups in total. The second-order valence-corrected chi connectivity index (χ2v) is 3.52. The van der Waals surface area contributed by atoms with Crippen molar-refractivity contribution in [3.63, 3.8) is 0 Å². The van der Waals surface area contributed by atoms with Gasteiger partial charge >= 0.3 is 0 Å². The molecule has 0 bridgehead atoms. The first kappa shape index (κ1) is 9.92. The Morgan fingerprint density at radius 2 is 2.33 bits per heavy atom. The first-order valence-electron chi connectivity index (χ1n) is 4.92. The smallest absolute Gasteiger partial charge is 0.144 e. The third-order valence-electron chi connectivity index (χ3n) is 2.40. The Balaban J connectivity index is 2.17. The van der Waals surface area contributed by atoms with Crippen LogP contribution in [0, 0.1) is 6.92 Å². The Morgan fingerprint density at radius 1 is 1.47 bits per heavy atom. The van der Waals surface area contributed by atoms with E-state index < -0.39 is 0 Å². The second-order valence-electron chi connectivity index (χ2n) is 3.52. The first-order valence-corrected chi connectivity index (χ1v) is 4.92. The fourth-order valence-electron chi connectivity index (χ4n) is 1.51. The Labute approximate surface area is 87.7 Å². The number of aryl methyl sites for hydroxylation is 1. The fourth-order valence-corrected chi connectivity index (χ4v) is 1.51.